The van der Waals surface area contributed by atoms with Crippen molar-refractivity contribution in [1.82, 2.24) is 0 Å². The Bertz CT molecular complexity index is 415. The molecule has 1 N–H and O–H groups in total. The lowest BCUT2D eigenvalue weighted by Gasteiger charge is -2.15. The molecule has 1 heterocycles. The smallest absolute Gasteiger partial charge is 0.416 e. The Morgan fingerprint density at radius 1 is 1.12 bits per heavy atom. The van der Waals surface area contributed by atoms with E-state index in [0.717, 1.165) is 6.07 Å². The Morgan fingerprint density at radius 2 is 1.71 bits per heavy atom. The zero-order chi connectivity index (χ0) is 12.5. The van der Waals surface area contributed by atoms with Crippen LogP contribution in [0.2, 0.25) is 0 Å². The van der Waals surface area contributed by atoms with E-state index in [9.17, 15) is 13.2 Å². The van der Waals surface area contributed by atoms with Crippen LogP contribution in [0.3, 0.4) is 0 Å². The van der Waals surface area contributed by atoms with Gasteiger partial charge in [0, 0.05) is 6.42 Å². The number of fused-ring (bicyclic) bond motifs is 1. The first kappa shape index (κ1) is 12.0. The van der Waals surface area contributed by atoms with Crippen molar-refractivity contribution >= 4 is 0 Å². The summed E-state index contributed by atoms with van der Waals surface area (Å²) in [6.07, 6.45) is -3.90. The van der Waals surface area contributed by atoms with E-state index < -0.39 is 18.3 Å². The van der Waals surface area contributed by atoms with Crippen molar-refractivity contribution in [1.29, 1.82) is 0 Å². The minimum Gasteiger partial charge on any atom is -0.490 e. The number of ether oxygens (including phenoxy) is 2. The van der Waals surface area contributed by atoms with Gasteiger partial charge in [0.15, 0.2) is 11.5 Å². The Hall–Kier alpha value is -1.43. The molecule has 2 rings (SSSR count). The van der Waals surface area contributed by atoms with Gasteiger partial charge in [-0.25, -0.2) is 0 Å². The number of rotatable bonds is 1. The third kappa shape index (κ3) is 2.46. The van der Waals surface area contributed by atoms with Gasteiger partial charge in [-0.1, -0.05) is 0 Å². The molecule has 3 nitrogen and oxygen atoms in total. The molecule has 94 valence electrons. The summed E-state index contributed by atoms with van der Waals surface area (Å²) in [5, 5.41) is 8.96. The van der Waals surface area contributed by atoms with Gasteiger partial charge in [-0.05, 0) is 17.7 Å². The monoisotopic (exact) mass is 248 g/mol. The molecule has 17 heavy (non-hydrogen) atoms. The maximum Gasteiger partial charge on any atom is 0.416 e. The van der Waals surface area contributed by atoms with Crippen LogP contribution in [0.4, 0.5) is 13.2 Å². The van der Waals surface area contributed by atoms with Crippen LogP contribution in [-0.4, -0.2) is 18.3 Å². The predicted octanol–water partition coefficient (Wildman–Crippen LogP) is 2.36. The number of aliphatic hydroxyl groups excluding tert-OH is 1. The van der Waals surface area contributed by atoms with Crippen molar-refractivity contribution in [2.45, 2.75) is 19.2 Å². The third-order valence-electron chi connectivity index (χ3n) is 2.45. The lowest BCUT2D eigenvalue weighted by molar-refractivity contribution is -0.138. The lowest BCUT2D eigenvalue weighted by atomic mass is 10.1. The maximum absolute atomic E-state index is 12.7. The van der Waals surface area contributed by atoms with Gasteiger partial charge >= 0.3 is 6.18 Å². The van der Waals surface area contributed by atoms with E-state index in [1.165, 1.54) is 6.07 Å². The van der Waals surface area contributed by atoms with Gasteiger partial charge in [0.2, 0.25) is 0 Å². The second-order valence-electron chi connectivity index (χ2n) is 3.66. The largest absolute Gasteiger partial charge is 0.490 e. The topological polar surface area (TPSA) is 38.7 Å². The van der Waals surface area contributed by atoms with Crippen molar-refractivity contribution in [3.05, 3.63) is 23.3 Å². The van der Waals surface area contributed by atoms with Gasteiger partial charge in [0.25, 0.3) is 0 Å². The standard InChI is InChI=1S/C11H11F3O3/c12-11(13,14)8-5-10-9(4-7(8)6-15)16-2-1-3-17-10/h4-5,15H,1-3,6H2. The molecule has 1 aromatic carbocycles. The normalized spacial score (nSPS) is 15.5. The molecule has 1 aliphatic heterocycles. The SMILES string of the molecule is OCc1cc2c(cc1C(F)(F)F)OCCCO2. The zero-order valence-corrected chi connectivity index (χ0v) is 8.88. The molecule has 1 aliphatic rings. The fraction of sp³-hybridized carbons (Fsp3) is 0.455. The first-order valence-corrected chi connectivity index (χ1v) is 5.13. The highest BCUT2D eigenvalue weighted by Gasteiger charge is 2.34. The highest BCUT2D eigenvalue weighted by molar-refractivity contribution is 5.48. The average Bonchev–Trinajstić information content (AvgIpc) is 2.50. The maximum atomic E-state index is 12.7. The second kappa shape index (κ2) is 4.44. The van der Waals surface area contributed by atoms with Gasteiger partial charge in [-0.15, -0.1) is 0 Å². The van der Waals surface area contributed by atoms with E-state index in [1.54, 1.807) is 0 Å². The van der Waals surface area contributed by atoms with E-state index in [-0.39, 0.29) is 17.1 Å². The van der Waals surface area contributed by atoms with E-state index in [2.05, 4.69) is 0 Å². The predicted molar refractivity (Wildman–Crippen MR) is 53.0 cm³/mol. The van der Waals surface area contributed by atoms with Crippen LogP contribution < -0.4 is 9.47 Å². The quantitative estimate of drug-likeness (QED) is 0.829. The minimum absolute atomic E-state index is 0.0759. The van der Waals surface area contributed by atoms with Crippen LogP contribution in [-0.2, 0) is 12.8 Å². The summed E-state index contributed by atoms with van der Waals surface area (Å²) in [6, 6.07) is 2.07. The fourth-order valence-corrected chi connectivity index (χ4v) is 1.65. The molecule has 0 radical (unpaired) electrons. The van der Waals surface area contributed by atoms with E-state index in [1.807, 2.05) is 0 Å². The molecule has 0 aromatic heterocycles. The van der Waals surface area contributed by atoms with Crippen molar-refractivity contribution in [3.8, 4) is 11.5 Å². The molecule has 0 amide bonds. The van der Waals surface area contributed by atoms with Crippen LogP contribution in [0.15, 0.2) is 12.1 Å². The van der Waals surface area contributed by atoms with Crippen molar-refractivity contribution in [2.24, 2.45) is 0 Å². The summed E-state index contributed by atoms with van der Waals surface area (Å²) in [6.45, 7) is 0.0253. The molecular formula is C11H11F3O3. The number of alkyl halides is 3. The van der Waals surface area contributed by atoms with E-state index in [4.69, 9.17) is 14.6 Å². The highest BCUT2D eigenvalue weighted by atomic mass is 19.4. The summed E-state index contributed by atoms with van der Waals surface area (Å²) >= 11 is 0. The van der Waals surface area contributed by atoms with Crippen LogP contribution in [0, 0.1) is 0 Å². The van der Waals surface area contributed by atoms with Gasteiger partial charge in [-0.2, -0.15) is 13.2 Å². The number of aliphatic hydroxyl groups is 1. The van der Waals surface area contributed by atoms with Crippen LogP contribution in [0.1, 0.15) is 17.5 Å². The molecule has 0 atom stereocenters. The molecule has 0 bridgehead atoms. The number of benzene rings is 1. The Balaban J connectivity index is 2.50. The highest BCUT2D eigenvalue weighted by Crippen LogP contribution is 2.40. The summed E-state index contributed by atoms with van der Waals surface area (Å²) in [7, 11) is 0. The van der Waals surface area contributed by atoms with Gasteiger partial charge in [0.05, 0.1) is 25.4 Å². The molecular weight excluding hydrogens is 237 g/mol. The molecule has 0 saturated carbocycles. The van der Waals surface area contributed by atoms with Gasteiger partial charge in [-0.3, -0.25) is 0 Å². The second-order valence-corrected chi connectivity index (χ2v) is 3.66. The van der Waals surface area contributed by atoms with Crippen LogP contribution in [0.25, 0.3) is 0 Å². The number of hydrogen-bond donors (Lipinski definition) is 1. The van der Waals surface area contributed by atoms with E-state index >= 15 is 0 Å². The zero-order valence-electron chi connectivity index (χ0n) is 8.88. The summed E-state index contributed by atoms with van der Waals surface area (Å²) in [5.41, 5.74) is -1.09. The summed E-state index contributed by atoms with van der Waals surface area (Å²) in [4.78, 5) is 0. The van der Waals surface area contributed by atoms with Gasteiger partial charge in [0.1, 0.15) is 0 Å². The van der Waals surface area contributed by atoms with E-state index in [0.29, 0.717) is 19.6 Å². The average molecular weight is 248 g/mol. The summed E-state index contributed by atoms with van der Waals surface area (Å²) in [5.74, 6) is 0.326. The Kier molecular flexibility index (Phi) is 3.15. The van der Waals surface area contributed by atoms with Crippen LogP contribution in [0.5, 0.6) is 11.5 Å². The first-order chi connectivity index (χ1) is 8.02. The fourth-order valence-electron chi connectivity index (χ4n) is 1.65. The molecule has 6 heteroatoms. The van der Waals surface area contributed by atoms with Crippen molar-refractivity contribution in [3.63, 3.8) is 0 Å². The Labute approximate surface area is 95.8 Å². The molecule has 0 aliphatic carbocycles. The molecule has 0 spiro atoms. The first-order valence-electron chi connectivity index (χ1n) is 5.13. The van der Waals surface area contributed by atoms with Crippen molar-refractivity contribution in [2.75, 3.05) is 13.2 Å². The molecule has 0 saturated heterocycles. The van der Waals surface area contributed by atoms with Crippen LogP contribution >= 0.6 is 0 Å². The lowest BCUT2D eigenvalue weighted by Crippen LogP contribution is -2.10. The molecule has 0 unspecified atom stereocenters. The van der Waals surface area contributed by atoms with Gasteiger partial charge < -0.3 is 14.6 Å². The van der Waals surface area contributed by atoms with Crippen molar-refractivity contribution < 1.29 is 27.8 Å². The minimum atomic E-state index is -4.51. The molecule has 1 aromatic rings. The number of halogens is 3. The third-order valence-corrected chi connectivity index (χ3v) is 2.45. The number of hydrogen-bond acceptors (Lipinski definition) is 3. The Morgan fingerprint density at radius 3 is 2.24 bits per heavy atom. The summed E-state index contributed by atoms with van der Waals surface area (Å²) < 4.78 is 48.5. The molecule has 0 fully saturated rings.